The lowest BCUT2D eigenvalue weighted by atomic mass is 10.0. The van der Waals surface area contributed by atoms with Gasteiger partial charge < -0.3 is 4.42 Å². The van der Waals surface area contributed by atoms with E-state index in [9.17, 15) is 4.91 Å². The van der Waals surface area contributed by atoms with E-state index in [1.54, 1.807) is 12.3 Å². The van der Waals surface area contributed by atoms with Crippen molar-refractivity contribution in [1.29, 1.82) is 0 Å². The fraction of sp³-hybridized carbons (Fsp3) is 0.250. The third kappa shape index (κ3) is 0.981. The predicted molar refractivity (Wildman–Crippen MR) is 40.8 cm³/mol. The molecular weight excluding hydrogens is 142 g/mol. The second-order valence-corrected chi connectivity index (χ2v) is 2.53. The number of rotatable bonds is 1. The van der Waals surface area contributed by atoms with E-state index >= 15 is 0 Å². The van der Waals surface area contributed by atoms with Gasteiger partial charge in [-0.1, -0.05) is 0 Å². The van der Waals surface area contributed by atoms with Crippen molar-refractivity contribution in [2.45, 2.75) is 12.8 Å². The Morgan fingerprint density at radius 2 is 2.36 bits per heavy atom. The first-order valence-electron chi connectivity index (χ1n) is 3.50. The highest BCUT2D eigenvalue weighted by Gasteiger charge is 2.12. The van der Waals surface area contributed by atoms with E-state index in [0.717, 1.165) is 17.7 Å². The molecule has 0 aliphatic heterocycles. The van der Waals surface area contributed by atoms with E-state index in [0.29, 0.717) is 12.1 Å². The van der Waals surface area contributed by atoms with Gasteiger partial charge in [0.1, 0.15) is 5.76 Å². The molecular formula is C8H7NO2. The third-order valence-electron chi connectivity index (χ3n) is 1.83. The minimum Gasteiger partial charge on any atom is -0.469 e. The van der Waals surface area contributed by atoms with Crippen LogP contribution in [0.2, 0.25) is 0 Å². The van der Waals surface area contributed by atoms with Gasteiger partial charge in [-0.05, 0) is 17.3 Å². The van der Waals surface area contributed by atoms with E-state index in [-0.39, 0.29) is 0 Å². The maximum absolute atomic E-state index is 10.1. The molecule has 1 aliphatic carbocycles. The van der Waals surface area contributed by atoms with Crippen molar-refractivity contribution in [3.63, 3.8) is 0 Å². The predicted octanol–water partition coefficient (Wildman–Crippen LogP) is 2.33. The molecule has 0 spiro atoms. The van der Waals surface area contributed by atoms with Crippen LogP contribution in [-0.4, -0.2) is 0 Å². The summed E-state index contributed by atoms with van der Waals surface area (Å²) < 4.78 is 5.16. The summed E-state index contributed by atoms with van der Waals surface area (Å²) in [7, 11) is 0. The molecule has 0 radical (unpaired) electrons. The minimum atomic E-state index is 0.610. The molecule has 0 saturated heterocycles. The van der Waals surface area contributed by atoms with E-state index in [1.807, 2.05) is 6.07 Å². The lowest BCUT2D eigenvalue weighted by Crippen LogP contribution is -1.93. The van der Waals surface area contributed by atoms with Gasteiger partial charge in [-0.25, -0.2) is 0 Å². The normalized spacial score (nSPS) is 15.5. The molecule has 1 aliphatic rings. The van der Waals surface area contributed by atoms with Crippen molar-refractivity contribution >= 4 is 6.08 Å². The Hall–Kier alpha value is -1.38. The second kappa shape index (κ2) is 2.34. The van der Waals surface area contributed by atoms with E-state index in [4.69, 9.17) is 4.42 Å². The van der Waals surface area contributed by atoms with Crippen molar-refractivity contribution in [2.24, 2.45) is 5.18 Å². The van der Waals surface area contributed by atoms with Gasteiger partial charge in [0, 0.05) is 18.4 Å². The molecule has 0 saturated carbocycles. The van der Waals surface area contributed by atoms with Crippen molar-refractivity contribution in [1.82, 2.24) is 0 Å². The summed E-state index contributed by atoms with van der Waals surface area (Å²) in [5.74, 6) is 0.956. The molecule has 1 aromatic heterocycles. The molecule has 0 unspecified atom stereocenters. The summed E-state index contributed by atoms with van der Waals surface area (Å²) in [6.07, 6.45) is 4.90. The molecule has 3 heteroatoms. The number of allylic oxidation sites excluding steroid dienone is 1. The van der Waals surface area contributed by atoms with Crippen molar-refractivity contribution in [3.05, 3.63) is 34.3 Å². The molecule has 0 atom stereocenters. The maximum atomic E-state index is 10.1. The van der Waals surface area contributed by atoms with Crippen LogP contribution >= 0.6 is 0 Å². The summed E-state index contributed by atoms with van der Waals surface area (Å²) in [6, 6.07) is 1.85. The molecule has 0 N–H and O–H groups in total. The zero-order valence-electron chi connectivity index (χ0n) is 5.91. The Labute approximate surface area is 63.7 Å². The summed E-state index contributed by atoms with van der Waals surface area (Å²) >= 11 is 0. The van der Waals surface area contributed by atoms with Gasteiger partial charge in [0.25, 0.3) is 0 Å². The summed E-state index contributed by atoms with van der Waals surface area (Å²) in [4.78, 5) is 10.1. The Morgan fingerprint density at radius 3 is 3.18 bits per heavy atom. The second-order valence-electron chi connectivity index (χ2n) is 2.53. The van der Waals surface area contributed by atoms with E-state index < -0.39 is 0 Å². The molecule has 3 nitrogen and oxygen atoms in total. The molecule has 0 amide bonds. The molecule has 2 rings (SSSR count). The quantitative estimate of drug-likeness (QED) is 0.575. The molecule has 0 bridgehead atoms. The molecule has 1 aromatic rings. The Kier molecular flexibility index (Phi) is 1.35. The average Bonchev–Trinajstić information content (AvgIpc) is 2.50. The first-order chi connectivity index (χ1) is 5.40. The van der Waals surface area contributed by atoms with Crippen LogP contribution in [0.4, 0.5) is 0 Å². The number of nitroso groups, excluding NO2 is 1. The van der Waals surface area contributed by atoms with E-state index in [2.05, 4.69) is 5.18 Å². The van der Waals surface area contributed by atoms with Gasteiger partial charge in [0.2, 0.25) is 0 Å². The summed E-state index contributed by atoms with van der Waals surface area (Å²) in [6.45, 7) is 0. The minimum absolute atomic E-state index is 0.610. The topological polar surface area (TPSA) is 42.6 Å². The fourth-order valence-corrected chi connectivity index (χ4v) is 1.25. The Morgan fingerprint density at radius 1 is 1.45 bits per heavy atom. The summed E-state index contributed by atoms with van der Waals surface area (Å²) in [5.41, 5.74) is 1.60. The van der Waals surface area contributed by atoms with Crippen LogP contribution in [0, 0.1) is 4.91 Å². The maximum Gasteiger partial charge on any atom is 0.111 e. The molecule has 0 fully saturated rings. The number of hydrogen-bond donors (Lipinski definition) is 0. The highest BCUT2D eigenvalue weighted by atomic mass is 16.3. The van der Waals surface area contributed by atoms with Crippen LogP contribution in [0.25, 0.3) is 6.08 Å². The van der Waals surface area contributed by atoms with Gasteiger partial charge in [0.15, 0.2) is 0 Å². The van der Waals surface area contributed by atoms with Crippen LogP contribution in [0.15, 0.2) is 27.6 Å². The highest BCUT2D eigenvalue weighted by molar-refractivity contribution is 5.56. The zero-order chi connectivity index (χ0) is 7.68. The molecule has 0 aromatic carbocycles. The lowest BCUT2D eigenvalue weighted by molar-refractivity contribution is 0.505. The van der Waals surface area contributed by atoms with Crippen LogP contribution < -0.4 is 0 Å². The Balaban J connectivity index is 2.44. The number of nitrogens with zero attached hydrogens (tertiary/aromatic N) is 1. The van der Waals surface area contributed by atoms with Gasteiger partial charge in [-0.3, -0.25) is 0 Å². The van der Waals surface area contributed by atoms with Crippen LogP contribution in [-0.2, 0) is 6.42 Å². The lowest BCUT2D eigenvalue weighted by Gasteiger charge is -2.04. The zero-order valence-corrected chi connectivity index (χ0v) is 5.91. The first-order valence-corrected chi connectivity index (χ1v) is 3.50. The van der Waals surface area contributed by atoms with Gasteiger partial charge in [-0.15, -0.1) is 4.91 Å². The third-order valence-corrected chi connectivity index (χ3v) is 1.83. The van der Waals surface area contributed by atoms with Crippen molar-refractivity contribution in [2.75, 3.05) is 0 Å². The number of fused-ring (bicyclic) bond motifs is 1. The molecule has 11 heavy (non-hydrogen) atoms. The molecule has 56 valence electrons. The van der Waals surface area contributed by atoms with Crippen molar-refractivity contribution in [3.8, 4) is 0 Å². The summed E-state index contributed by atoms with van der Waals surface area (Å²) in [5, 5.41) is 2.90. The average molecular weight is 149 g/mol. The van der Waals surface area contributed by atoms with E-state index in [1.165, 1.54) is 0 Å². The number of aryl methyl sites for hydroxylation is 1. The van der Waals surface area contributed by atoms with Gasteiger partial charge >= 0.3 is 0 Å². The monoisotopic (exact) mass is 149 g/mol. The number of furan rings is 1. The first kappa shape index (κ1) is 6.34. The molecule has 1 heterocycles. The van der Waals surface area contributed by atoms with Gasteiger partial charge in [-0.2, -0.15) is 0 Å². The van der Waals surface area contributed by atoms with Crippen LogP contribution in [0.5, 0.6) is 0 Å². The highest BCUT2D eigenvalue weighted by Crippen LogP contribution is 2.24. The SMILES string of the molecule is O=NC1=Cc2ccoc2CC1. The van der Waals surface area contributed by atoms with Crippen molar-refractivity contribution < 1.29 is 4.42 Å². The number of hydrogen-bond acceptors (Lipinski definition) is 3. The standard InChI is InChI=1S/C8H7NO2/c10-9-7-1-2-8-6(5-7)3-4-11-8/h3-5H,1-2H2. The largest absolute Gasteiger partial charge is 0.469 e. The Bertz CT molecular complexity index is 312. The smallest absolute Gasteiger partial charge is 0.111 e. The van der Waals surface area contributed by atoms with Crippen LogP contribution in [0.1, 0.15) is 17.7 Å². The van der Waals surface area contributed by atoms with Gasteiger partial charge in [0.05, 0.1) is 12.0 Å². The fourth-order valence-electron chi connectivity index (χ4n) is 1.25. The van der Waals surface area contributed by atoms with Crippen LogP contribution in [0.3, 0.4) is 0 Å².